The molecule has 42 heavy (non-hydrogen) atoms. The van der Waals surface area contributed by atoms with Crippen LogP contribution in [0.25, 0.3) is 0 Å². The van der Waals surface area contributed by atoms with Gasteiger partial charge < -0.3 is 0 Å². The number of carbonyl (C=O) groups is 1. The quantitative estimate of drug-likeness (QED) is 0.255. The third kappa shape index (κ3) is 6.27. The van der Waals surface area contributed by atoms with Crippen molar-refractivity contribution in [3.8, 4) is 12.1 Å². The second kappa shape index (κ2) is 12.3. The first-order valence-corrected chi connectivity index (χ1v) is 18.3. The van der Waals surface area contributed by atoms with Crippen LogP contribution in [0.2, 0.25) is 0 Å². The summed E-state index contributed by atoms with van der Waals surface area (Å²) >= 11 is -3.83. The number of carbonyl (C=O) groups excluding carboxylic acids is 1. The molecule has 3 aromatic carbocycles. The van der Waals surface area contributed by atoms with E-state index in [-0.39, 0.29) is 22.8 Å². The van der Waals surface area contributed by atoms with Crippen molar-refractivity contribution in [2.45, 2.75) is 52.0 Å². The van der Waals surface area contributed by atoms with Gasteiger partial charge in [0.05, 0.1) is 0 Å². The third-order valence-corrected chi connectivity index (χ3v) is 17.6. The van der Waals surface area contributed by atoms with Crippen molar-refractivity contribution >= 4 is 38.1 Å². The number of allylic oxidation sites excluding steroid dienone is 1. The fourth-order valence-electron chi connectivity index (χ4n) is 5.46. The van der Waals surface area contributed by atoms with Crippen LogP contribution in [0.4, 0.5) is 0 Å². The molecule has 1 aliphatic rings. The number of hydrogen-bond donors (Lipinski definition) is 1. The Hall–Kier alpha value is -4.34. The van der Waals surface area contributed by atoms with Crippen LogP contribution in [0.1, 0.15) is 41.5 Å². The Morgan fingerprint density at radius 3 is 1.62 bits per heavy atom. The Morgan fingerprint density at radius 1 is 0.833 bits per heavy atom. The number of rotatable bonds is 6. The molecule has 0 fully saturated rings. The standard InChI is InChI=1S/C34H37GeN5O2/c1-33(2,3)30-31(38-32(25(22-36)23-37)40(39-30)24-29(41)42-34(4,5)6)35(26-16-10-7-11-17-26,27-18-12-8-13-19-27)28-20-14-9-15-21-28/h7-21,31,38H,24H2,1-6H3. The van der Waals surface area contributed by atoms with Crippen LogP contribution in [0.15, 0.2) is 107 Å². The summed E-state index contributed by atoms with van der Waals surface area (Å²) in [4.78, 5) is 12.7. The molecule has 1 unspecified atom stereocenters. The first-order chi connectivity index (χ1) is 19.9. The average Bonchev–Trinajstić information content (AvgIpc) is 2.95. The number of hydrazone groups is 1. The molecular weight excluding hydrogens is 583 g/mol. The van der Waals surface area contributed by atoms with Gasteiger partial charge in [-0.1, -0.05) is 0 Å². The van der Waals surface area contributed by atoms with Crippen molar-refractivity contribution in [3.63, 3.8) is 0 Å². The van der Waals surface area contributed by atoms with Crippen LogP contribution in [-0.2, 0) is 9.53 Å². The number of ether oxygens (including phenoxy) is 1. The van der Waals surface area contributed by atoms with Crippen molar-refractivity contribution in [3.05, 3.63) is 102 Å². The van der Waals surface area contributed by atoms with Gasteiger partial charge in [-0.2, -0.15) is 0 Å². The van der Waals surface area contributed by atoms with Crippen LogP contribution < -0.4 is 18.5 Å². The van der Waals surface area contributed by atoms with E-state index in [1.54, 1.807) is 20.8 Å². The molecule has 0 aliphatic carbocycles. The van der Waals surface area contributed by atoms with Crippen LogP contribution in [0.5, 0.6) is 0 Å². The molecule has 0 spiro atoms. The monoisotopic (exact) mass is 621 g/mol. The molecule has 214 valence electrons. The minimum absolute atomic E-state index is 0.147. The summed E-state index contributed by atoms with van der Waals surface area (Å²) in [6.45, 7) is 11.5. The predicted molar refractivity (Wildman–Crippen MR) is 169 cm³/mol. The SMILES string of the molecule is CC(C)(C)OC(=O)CN1N=C(C(C)(C)C)[CH]([Ge]([c]2ccccc2)([c]2ccccc2)[c]2ccccc2)NC1=C(C#N)C#N. The number of hydrogen-bond acceptors (Lipinski definition) is 7. The Balaban J connectivity index is 2.09. The van der Waals surface area contributed by atoms with E-state index in [0.717, 1.165) is 5.71 Å². The van der Waals surface area contributed by atoms with Crippen molar-refractivity contribution in [1.29, 1.82) is 10.5 Å². The van der Waals surface area contributed by atoms with Crippen molar-refractivity contribution in [1.82, 2.24) is 10.3 Å². The number of nitrogens with one attached hydrogen (secondary N) is 1. The zero-order valence-electron chi connectivity index (χ0n) is 25.1. The summed E-state index contributed by atoms with van der Waals surface area (Å²) in [6, 6.07) is 35.5. The topological polar surface area (TPSA) is 102 Å². The molecule has 7 nitrogen and oxygen atoms in total. The zero-order chi connectivity index (χ0) is 30.5. The number of esters is 1. The number of nitriles is 2. The molecule has 4 rings (SSSR count). The van der Waals surface area contributed by atoms with E-state index in [9.17, 15) is 15.3 Å². The Labute approximate surface area is 251 Å². The Bertz CT molecular complexity index is 1450. The van der Waals surface area contributed by atoms with Crippen LogP contribution in [0.3, 0.4) is 0 Å². The predicted octanol–water partition coefficient (Wildman–Crippen LogP) is 3.97. The van der Waals surface area contributed by atoms with Gasteiger partial charge in [0.2, 0.25) is 0 Å². The second-order valence-electron chi connectivity index (χ2n) is 12.3. The third-order valence-electron chi connectivity index (χ3n) is 7.09. The Kier molecular flexibility index (Phi) is 8.94. The number of benzene rings is 3. The van der Waals surface area contributed by atoms with Crippen LogP contribution in [0, 0.1) is 28.1 Å². The summed E-state index contributed by atoms with van der Waals surface area (Å²) < 4.78 is 9.19. The molecule has 0 saturated carbocycles. The molecule has 0 radical (unpaired) electrons. The van der Waals surface area contributed by atoms with E-state index in [1.807, 2.05) is 30.3 Å². The Morgan fingerprint density at radius 2 is 1.26 bits per heavy atom. The first-order valence-electron chi connectivity index (χ1n) is 14.0. The van der Waals surface area contributed by atoms with Gasteiger partial charge in [-0.05, 0) is 0 Å². The molecule has 0 amide bonds. The zero-order valence-corrected chi connectivity index (χ0v) is 27.1. The van der Waals surface area contributed by atoms with Crippen molar-refractivity contribution < 1.29 is 9.53 Å². The van der Waals surface area contributed by atoms with Crippen LogP contribution in [-0.4, -0.2) is 47.0 Å². The van der Waals surface area contributed by atoms with Gasteiger partial charge in [-0.15, -0.1) is 0 Å². The maximum atomic E-state index is 13.0. The molecule has 0 aromatic heterocycles. The van der Waals surface area contributed by atoms with Gasteiger partial charge in [0.25, 0.3) is 0 Å². The molecule has 1 heterocycles. The summed E-state index contributed by atoms with van der Waals surface area (Å²) in [5.74, 6) is -0.295. The molecule has 8 heteroatoms. The van der Waals surface area contributed by atoms with Crippen LogP contribution >= 0.6 is 0 Å². The van der Waals surface area contributed by atoms with Gasteiger partial charge >= 0.3 is 252 Å². The minimum atomic E-state index is -3.83. The summed E-state index contributed by atoms with van der Waals surface area (Å²) in [7, 11) is 0. The fraction of sp³-hybridized carbons (Fsp3) is 0.294. The molecule has 0 bridgehead atoms. The van der Waals surface area contributed by atoms with Crippen molar-refractivity contribution in [2.24, 2.45) is 10.5 Å². The van der Waals surface area contributed by atoms with Gasteiger partial charge in [-0.25, -0.2) is 0 Å². The molecule has 0 saturated heterocycles. The molecular formula is C34H37GeN5O2. The van der Waals surface area contributed by atoms with E-state index < -0.39 is 30.3 Å². The average molecular weight is 620 g/mol. The van der Waals surface area contributed by atoms with E-state index in [1.165, 1.54) is 18.2 Å². The van der Waals surface area contributed by atoms with Gasteiger partial charge in [-0.3, -0.25) is 0 Å². The van der Waals surface area contributed by atoms with E-state index in [4.69, 9.17) is 9.84 Å². The summed E-state index contributed by atoms with van der Waals surface area (Å²) in [6.07, 6.45) is 0. The molecule has 3 aromatic rings. The van der Waals surface area contributed by atoms with E-state index >= 15 is 0 Å². The van der Waals surface area contributed by atoms with Gasteiger partial charge in [0, 0.05) is 0 Å². The summed E-state index contributed by atoms with van der Waals surface area (Å²) in [5, 5.41) is 30.3. The number of nitrogens with zero attached hydrogens (tertiary/aromatic N) is 4. The normalized spacial score (nSPS) is 15.5. The fourth-order valence-corrected chi connectivity index (χ4v) is 16.8. The van der Waals surface area contributed by atoms with Gasteiger partial charge in [0.1, 0.15) is 0 Å². The maximum absolute atomic E-state index is 13.0. The van der Waals surface area contributed by atoms with Gasteiger partial charge in [0.15, 0.2) is 0 Å². The molecule has 1 N–H and O–H groups in total. The summed E-state index contributed by atoms with van der Waals surface area (Å²) in [5.41, 5.74) is -0.453. The van der Waals surface area contributed by atoms with Crippen molar-refractivity contribution in [2.75, 3.05) is 6.54 Å². The van der Waals surface area contributed by atoms with E-state index in [0.29, 0.717) is 0 Å². The second-order valence-corrected chi connectivity index (χ2v) is 20.5. The molecule has 1 atom stereocenters. The first kappa shape index (κ1) is 30.6. The molecule has 1 aliphatic heterocycles. The van der Waals surface area contributed by atoms with E-state index in [2.05, 4.69) is 98.9 Å².